The largest absolute Gasteiger partial charge is 0.454 e. The third-order valence-corrected chi connectivity index (χ3v) is 3.80. The lowest BCUT2D eigenvalue weighted by atomic mass is 10.1. The van der Waals surface area contributed by atoms with Gasteiger partial charge in [0.25, 0.3) is 0 Å². The zero-order valence-corrected chi connectivity index (χ0v) is 13.4. The highest BCUT2D eigenvalue weighted by Crippen LogP contribution is 2.34. The highest BCUT2D eigenvalue weighted by molar-refractivity contribution is 9.10. The molecule has 0 fully saturated rings. The maximum atomic E-state index is 13.9. The molecule has 20 heavy (non-hydrogen) atoms. The molecule has 1 unspecified atom stereocenters. The van der Waals surface area contributed by atoms with E-state index in [0.29, 0.717) is 5.75 Å². The van der Waals surface area contributed by atoms with Crippen molar-refractivity contribution in [2.24, 2.45) is 0 Å². The monoisotopic (exact) mass is 357 g/mol. The Bertz CT molecular complexity index is 621. The number of ether oxygens (including phenoxy) is 1. The molecule has 1 N–H and O–H groups in total. The first-order chi connectivity index (χ1) is 9.52. The lowest BCUT2D eigenvalue weighted by molar-refractivity contribution is 0.431. The van der Waals surface area contributed by atoms with Crippen LogP contribution in [0.4, 0.5) is 4.39 Å². The molecule has 106 valence electrons. The molecule has 0 aliphatic carbocycles. The summed E-state index contributed by atoms with van der Waals surface area (Å²) in [5.41, 5.74) is 0.940. The SMILES string of the molecule is CNC(C)c1ccc(Br)cc1Oc1cccc(Cl)c1F. The van der Waals surface area contributed by atoms with Crippen molar-refractivity contribution in [2.45, 2.75) is 13.0 Å². The van der Waals surface area contributed by atoms with E-state index in [-0.39, 0.29) is 16.8 Å². The Morgan fingerprint density at radius 1 is 1.25 bits per heavy atom. The first-order valence-electron chi connectivity index (χ1n) is 6.11. The average Bonchev–Trinajstić information content (AvgIpc) is 2.43. The van der Waals surface area contributed by atoms with E-state index in [1.807, 2.05) is 32.2 Å². The van der Waals surface area contributed by atoms with Crippen molar-refractivity contribution < 1.29 is 9.13 Å². The molecule has 0 saturated heterocycles. The van der Waals surface area contributed by atoms with E-state index in [0.717, 1.165) is 10.0 Å². The van der Waals surface area contributed by atoms with Gasteiger partial charge in [-0.15, -0.1) is 0 Å². The maximum absolute atomic E-state index is 13.9. The fraction of sp³-hybridized carbons (Fsp3) is 0.200. The molecule has 2 aromatic rings. The summed E-state index contributed by atoms with van der Waals surface area (Å²) in [5, 5.41) is 3.18. The molecule has 5 heteroatoms. The van der Waals surface area contributed by atoms with E-state index in [2.05, 4.69) is 21.2 Å². The van der Waals surface area contributed by atoms with Crippen LogP contribution in [0.3, 0.4) is 0 Å². The molecule has 0 bridgehead atoms. The van der Waals surface area contributed by atoms with E-state index in [4.69, 9.17) is 16.3 Å². The fourth-order valence-electron chi connectivity index (χ4n) is 1.79. The van der Waals surface area contributed by atoms with Gasteiger partial charge in [0.1, 0.15) is 5.75 Å². The minimum absolute atomic E-state index is 0.0423. The summed E-state index contributed by atoms with van der Waals surface area (Å²) in [7, 11) is 1.86. The Balaban J connectivity index is 2.42. The standard InChI is InChI=1S/C15H14BrClFNO/c1-9(19-2)11-7-6-10(16)8-14(11)20-13-5-3-4-12(17)15(13)18/h3-9,19H,1-2H3. The number of rotatable bonds is 4. The molecule has 1 atom stereocenters. The molecule has 0 heterocycles. The molecule has 0 spiro atoms. The van der Waals surface area contributed by atoms with Crippen LogP contribution in [0.5, 0.6) is 11.5 Å². The summed E-state index contributed by atoms with van der Waals surface area (Å²) in [5.74, 6) is 0.139. The predicted molar refractivity (Wildman–Crippen MR) is 83.1 cm³/mol. The van der Waals surface area contributed by atoms with Crippen molar-refractivity contribution in [3.05, 3.63) is 57.3 Å². The Hall–Kier alpha value is -1.10. The van der Waals surface area contributed by atoms with Crippen molar-refractivity contribution in [3.8, 4) is 11.5 Å². The number of hydrogen-bond acceptors (Lipinski definition) is 2. The van der Waals surface area contributed by atoms with Gasteiger partial charge in [-0.1, -0.05) is 39.7 Å². The number of benzene rings is 2. The van der Waals surface area contributed by atoms with Gasteiger partial charge in [0.2, 0.25) is 0 Å². The van der Waals surface area contributed by atoms with Crippen LogP contribution in [-0.2, 0) is 0 Å². The van der Waals surface area contributed by atoms with Crippen molar-refractivity contribution in [1.82, 2.24) is 5.32 Å². The topological polar surface area (TPSA) is 21.3 Å². The van der Waals surface area contributed by atoms with Crippen LogP contribution in [0, 0.1) is 5.82 Å². The Labute approximate surface area is 131 Å². The molecule has 0 radical (unpaired) electrons. The molecule has 2 nitrogen and oxygen atoms in total. The molecule has 0 saturated carbocycles. The van der Waals surface area contributed by atoms with E-state index in [1.165, 1.54) is 6.07 Å². The smallest absolute Gasteiger partial charge is 0.184 e. The number of hydrogen-bond donors (Lipinski definition) is 1. The average molecular weight is 359 g/mol. The predicted octanol–water partition coefficient (Wildman–Crippen LogP) is 5.31. The van der Waals surface area contributed by atoms with Crippen LogP contribution in [0.1, 0.15) is 18.5 Å². The summed E-state index contributed by atoms with van der Waals surface area (Å²) < 4.78 is 20.5. The maximum Gasteiger partial charge on any atom is 0.184 e. The van der Waals surface area contributed by atoms with Gasteiger partial charge in [0.15, 0.2) is 11.6 Å². The fourth-order valence-corrected chi connectivity index (χ4v) is 2.30. The van der Waals surface area contributed by atoms with Gasteiger partial charge in [0.05, 0.1) is 5.02 Å². The Morgan fingerprint density at radius 2 is 2.00 bits per heavy atom. The normalized spacial score (nSPS) is 12.2. The zero-order chi connectivity index (χ0) is 14.7. The van der Waals surface area contributed by atoms with Crippen molar-refractivity contribution in [1.29, 1.82) is 0 Å². The van der Waals surface area contributed by atoms with Crippen molar-refractivity contribution >= 4 is 27.5 Å². The third-order valence-electron chi connectivity index (χ3n) is 3.01. The summed E-state index contributed by atoms with van der Waals surface area (Å²) >= 11 is 9.16. The van der Waals surface area contributed by atoms with Gasteiger partial charge in [-0.25, -0.2) is 4.39 Å². The van der Waals surface area contributed by atoms with Gasteiger partial charge < -0.3 is 10.1 Å². The van der Waals surface area contributed by atoms with E-state index >= 15 is 0 Å². The summed E-state index contributed by atoms with van der Waals surface area (Å²) in [6.45, 7) is 2.00. The summed E-state index contributed by atoms with van der Waals surface area (Å²) in [6, 6.07) is 10.4. The van der Waals surface area contributed by atoms with E-state index in [9.17, 15) is 4.39 Å². The van der Waals surface area contributed by atoms with E-state index < -0.39 is 5.82 Å². The summed E-state index contributed by atoms with van der Waals surface area (Å²) in [4.78, 5) is 0. The minimum atomic E-state index is -0.558. The molecular formula is C15H14BrClFNO. The van der Waals surface area contributed by atoms with Crippen LogP contribution in [0.25, 0.3) is 0 Å². The molecule has 0 aliphatic heterocycles. The highest BCUT2D eigenvalue weighted by atomic mass is 79.9. The first-order valence-corrected chi connectivity index (χ1v) is 7.28. The highest BCUT2D eigenvalue weighted by Gasteiger charge is 2.14. The van der Waals surface area contributed by atoms with Crippen LogP contribution in [0.2, 0.25) is 5.02 Å². The lowest BCUT2D eigenvalue weighted by Crippen LogP contribution is -2.13. The van der Waals surface area contributed by atoms with Gasteiger partial charge in [-0.3, -0.25) is 0 Å². The molecule has 2 aromatic carbocycles. The molecule has 0 aliphatic rings. The molecular weight excluding hydrogens is 345 g/mol. The van der Waals surface area contributed by atoms with Crippen molar-refractivity contribution in [3.63, 3.8) is 0 Å². The number of nitrogens with one attached hydrogen (secondary N) is 1. The third kappa shape index (κ3) is 3.32. The lowest BCUT2D eigenvalue weighted by Gasteiger charge is -2.17. The quantitative estimate of drug-likeness (QED) is 0.799. The van der Waals surface area contributed by atoms with Gasteiger partial charge in [-0.2, -0.15) is 0 Å². The zero-order valence-electron chi connectivity index (χ0n) is 11.1. The molecule has 2 rings (SSSR count). The van der Waals surface area contributed by atoms with Crippen LogP contribution < -0.4 is 10.1 Å². The van der Waals surface area contributed by atoms with Crippen LogP contribution in [0.15, 0.2) is 40.9 Å². The van der Waals surface area contributed by atoms with Gasteiger partial charge in [0, 0.05) is 16.1 Å². The number of halogens is 3. The second-order valence-electron chi connectivity index (χ2n) is 4.35. The first kappa shape index (κ1) is 15.3. The van der Waals surface area contributed by atoms with Crippen molar-refractivity contribution in [2.75, 3.05) is 7.05 Å². The molecule has 0 aromatic heterocycles. The second kappa shape index (κ2) is 6.57. The minimum Gasteiger partial charge on any atom is -0.454 e. The Kier molecular flexibility index (Phi) is 5.02. The summed E-state index contributed by atoms with van der Waals surface area (Å²) in [6.07, 6.45) is 0. The van der Waals surface area contributed by atoms with Crippen LogP contribution >= 0.6 is 27.5 Å². The molecule has 0 amide bonds. The van der Waals surface area contributed by atoms with Gasteiger partial charge in [-0.05, 0) is 38.2 Å². The van der Waals surface area contributed by atoms with E-state index in [1.54, 1.807) is 12.1 Å². The second-order valence-corrected chi connectivity index (χ2v) is 5.67. The Morgan fingerprint density at radius 3 is 2.70 bits per heavy atom. The van der Waals surface area contributed by atoms with Gasteiger partial charge >= 0.3 is 0 Å². The van der Waals surface area contributed by atoms with Crippen LogP contribution in [-0.4, -0.2) is 7.05 Å².